The summed E-state index contributed by atoms with van der Waals surface area (Å²) in [5.41, 5.74) is 0.0512. The van der Waals surface area contributed by atoms with Gasteiger partial charge >= 0.3 is 6.72 Å². The quantitative estimate of drug-likeness (QED) is 0.283. The molecule has 0 amide bonds. The van der Waals surface area contributed by atoms with Gasteiger partial charge in [0.1, 0.15) is 5.75 Å². The van der Waals surface area contributed by atoms with Crippen LogP contribution >= 0.6 is 18.5 Å². The first-order chi connectivity index (χ1) is 9.95. The van der Waals surface area contributed by atoms with Crippen molar-refractivity contribution in [3.63, 3.8) is 0 Å². The van der Waals surface area contributed by atoms with E-state index >= 15 is 0 Å². The summed E-state index contributed by atoms with van der Waals surface area (Å²) in [6, 6.07) is 4.52. The maximum atomic E-state index is 11.0. The molecule has 0 N–H and O–H groups in total. The molecular formula is C12H18NO5PS2. The van der Waals surface area contributed by atoms with Crippen molar-refractivity contribution >= 4 is 36.0 Å². The predicted octanol–water partition coefficient (Wildman–Crippen LogP) is 4.38. The van der Waals surface area contributed by atoms with Crippen molar-refractivity contribution in [1.29, 1.82) is 0 Å². The fraction of sp³-hybridized carbons (Fsp3) is 0.500. The van der Waals surface area contributed by atoms with Gasteiger partial charge in [0.2, 0.25) is 0 Å². The fourth-order valence-electron chi connectivity index (χ4n) is 1.51. The Kier molecular flexibility index (Phi) is 7.62. The van der Waals surface area contributed by atoms with Gasteiger partial charge in [-0.05, 0) is 25.7 Å². The smallest absolute Gasteiger partial charge is 0.380 e. The zero-order valence-electron chi connectivity index (χ0n) is 12.1. The van der Waals surface area contributed by atoms with Crippen LogP contribution in [0.5, 0.6) is 5.75 Å². The molecule has 0 radical (unpaired) electrons. The molecule has 9 heteroatoms. The zero-order chi connectivity index (χ0) is 15.9. The van der Waals surface area contributed by atoms with Crippen molar-refractivity contribution in [2.75, 3.05) is 19.0 Å². The topological polar surface area (TPSA) is 70.8 Å². The van der Waals surface area contributed by atoms with Crippen molar-refractivity contribution in [2.45, 2.75) is 25.7 Å². The number of nitro benzene ring substituents is 1. The van der Waals surface area contributed by atoms with Gasteiger partial charge < -0.3 is 4.52 Å². The third-order valence-electron chi connectivity index (χ3n) is 2.22. The van der Waals surface area contributed by atoms with Gasteiger partial charge in [0, 0.05) is 23.9 Å². The minimum Gasteiger partial charge on any atom is -0.424 e. The molecule has 1 aromatic rings. The summed E-state index contributed by atoms with van der Waals surface area (Å²) in [5.74, 6) is 1.14. The maximum Gasteiger partial charge on any atom is 0.380 e. The Hall–Kier alpha value is -0.660. The fourth-order valence-corrected chi connectivity index (χ4v) is 4.38. The van der Waals surface area contributed by atoms with E-state index in [-0.39, 0.29) is 5.69 Å². The molecule has 1 aromatic carbocycles. The van der Waals surface area contributed by atoms with Crippen molar-refractivity contribution in [2.24, 2.45) is 0 Å². The molecule has 0 bridgehead atoms. The average molecular weight is 351 g/mol. The van der Waals surface area contributed by atoms with Crippen LogP contribution in [-0.4, -0.2) is 23.9 Å². The Balaban J connectivity index is 3.05. The van der Waals surface area contributed by atoms with E-state index in [2.05, 4.69) is 0 Å². The Morgan fingerprint density at radius 2 is 1.90 bits per heavy atom. The highest BCUT2D eigenvalue weighted by atomic mass is 32.5. The summed E-state index contributed by atoms with van der Waals surface area (Å²) in [6.45, 7) is 3.42. The second-order valence-electron chi connectivity index (χ2n) is 3.69. The van der Waals surface area contributed by atoms with Gasteiger partial charge in [-0.15, -0.1) is 11.8 Å². The molecule has 6 nitrogen and oxygen atoms in total. The molecule has 0 spiro atoms. The van der Waals surface area contributed by atoms with Gasteiger partial charge in [-0.25, -0.2) is 0 Å². The zero-order valence-corrected chi connectivity index (χ0v) is 14.6. The maximum absolute atomic E-state index is 11.0. The number of nitro groups is 1. The van der Waals surface area contributed by atoms with Crippen molar-refractivity contribution in [1.82, 2.24) is 0 Å². The van der Waals surface area contributed by atoms with Gasteiger partial charge in [0.25, 0.3) is 5.69 Å². The highest BCUT2D eigenvalue weighted by molar-refractivity contribution is 8.07. The molecule has 0 aliphatic heterocycles. The largest absolute Gasteiger partial charge is 0.424 e. The number of thioether (sulfide) groups is 1. The number of hydrogen-bond donors (Lipinski definition) is 0. The van der Waals surface area contributed by atoms with E-state index in [9.17, 15) is 10.1 Å². The van der Waals surface area contributed by atoms with Crippen LogP contribution in [0.2, 0.25) is 0 Å². The monoisotopic (exact) mass is 351 g/mol. The number of benzene rings is 1. The summed E-state index contributed by atoms with van der Waals surface area (Å²) < 4.78 is 16.4. The van der Waals surface area contributed by atoms with E-state index in [0.717, 1.165) is 5.75 Å². The van der Waals surface area contributed by atoms with Crippen LogP contribution in [-0.2, 0) is 20.9 Å². The van der Waals surface area contributed by atoms with Crippen molar-refractivity contribution < 1.29 is 18.5 Å². The molecule has 118 valence electrons. The van der Waals surface area contributed by atoms with E-state index in [0.29, 0.717) is 23.9 Å². The number of hydrogen-bond acceptors (Lipinski definition) is 7. The van der Waals surface area contributed by atoms with Gasteiger partial charge in [0.05, 0.1) is 23.0 Å². The first kappa shape index (κ1) is 18.4. The van der Waals surface area contributed by atoms with E-state index in [1.165, 1.54) is 23.9 Å². The first-order valence-corrected chi connectivity index (χ1v) is 9.99. The SMILES string of the molecule is CCOP(=S)(OCC)Oc1ccc([N+](=O)[O-])c(SCC)c1. The van der Waals surface area contributed by atoms with Crippen molar-refractivity contribution in [3.8, 4) is 5.75 Å². The third-order valence-corrected chi connectivity index (χ3v) is 5.59. The highest BCUT2D eigenvalue weighted by Crippen LogP contribution is 2.50. The molecule has 0 heterocycles. The Labute approximate surface area is 133 Å². The lowest BCUT2D eigenvalue weighted by atomic mass is 10.3. The summed E-state index contributed by atoms with van der Waals surface area (Å²) in [5, 5.41) is 11.0. The van der Waals surface area contributed by atoms with Crippen LogP contribution in [0, 0.1) is 10.1 Å². The van der Waals surface area contributed by atoms with Gasteiger partial charge in [0.15, 0.2) is 0 Å². The van der Waals surface area contributed by atoms with Crippen LogP contribution in [0.25, 0.3) is 0 Å². The van der Waals surface area contributed by atoms with Crippen molar-refractivity contribution in [3.05, 3.63) is 28.3 Å². The molecule has 21 heavy (non-hydrogen) atoms. The summed E-state index contributed by atoms with van der Waals surface area (Å²) >= 11 is 6.65. The first-order valence-electron chi connectivity index (χ1n) is 6.45. The van der Waals surface area contributed by atoms with Crippen LogP contribution in [0.3, 0.4) is 0 Å². The lowest BCUT2D eigenvalue weighted by Gasteiger charge is -2.21. The molecule has 0 saturated heterocycles. The molecule has 0 saturated carbocycles. The van der Waals surface area contributed by atoms with Gasteiger partial charge in [-0.2, -0.15) is 0 Å². The summed E-state index contributed by atoms with van der Waals surface area (Å²) in [6.07, 6.45) is 0. The molecule has 0 aliphatic carbocycles. The highest BCUT2D eigenvalue weighted by Gasteiger charge is 2.23. The predicted molar refractivity (Wildman–Crippen MR) is 87.7 cm³/mol. The Bertz CT molecular complexity index is 530. The molecule has 0 atom stereocenters. The Morgan fingerprint density at radius 3 is 2.38 bits per heavy atom. The minimum atomic E-state index is -2.86. The van der Waals surface area contributed by atoms with Crippen LogP contribution in [0.1, 0.15) is 20.8 Å². The van der Waals surface area contributed by atoms with Gasteiger partial charge in [-0.3, -0.25) is 19.2 Å². The Morgan fingerprint density at radius 1 is 1.29 bits per heavy atom. The molecular weight excluding hydrogens is 333 g/mol. The second kappa shape index (κ2) is 8.70. The van der Waals surface area contributed by atoms with Crippen LogP contribution < -0.4 is 4.52 Å². The normalized spacial score (nSPS) is 11.4. The van der Waals surface area contributed by atoms with E-state index in [1.807, 2.05) is 6.92 Å². The van der Waals surface area contributed by atoms with E-state index in [1.54, 1.807) is 19.9 Å². The number of rotatable bonds is 9. The van der Waals surface area contributed by atoms with Crippen LogP contribution in [0.15, 0.2) is 23.1 Å². The standard InChI is InChI=1S/C12H18NO5PS2/c1-4-16-19(20,17-5-2)18-10-7-8-11(13(14)15)12(9-10)21-6-3/h7-9H,4-6H2,1-3H3. The van der Waals surface area contributed by atoms with Crippen LogP contribution in [0.4, 0.5) is 5.69 Å². The lowest BCUT2D eigenvalue weighted by molar-refractivity contribution is -0.387. The lowest BCUT2D eigenvalue weighted by Crippen LogP contribution is -2.02. The second-order valence-corrected chi connectivity index (χ2v) is 7.93. The summed E-state index contributed by atoms with van der Waals surface area (Å²) in [4.78, 5) is 11.1. The van der Waals surface area contributed by atoms with E-state index < -0.39 is 11.6 Å². The summed E-state index contributed by atoms with van der Waals surface area (Å²) in [7, 11) is 0. The minimum absolute atomic E-state index is 0.0512. The third kappa shape index (κ3) is 5.56. The molecule has 1 rings (SSSR count). The molecule has 0 aromatic heterocycles. The van der Waals surface area contributed by atoms with Gasteiger partial charge in [-0.1, -0.05) is 6.92 Å². The number of nitrogens with zero attached hydrogens (tertiary/aromatic N) is 1. The molecule has 0 unspecified atom stereocenters. The van der Waals surface area contributed by atoms with E-state index in [4.69, 9.17) is 25.4 Å². The average Bonchev–Trinajstić information content (AvgIpc) is 2.39. The molecule has 0 fully saturated rings. The molecule has 0 aliphatic rings.